The zero-order valence-electron chi connectivity index (χ0n) is 12.5. The molecule has 2 aromatic carbocycles. The van der Waals surface area contributed by atoms with E-state index in [1.807, 2.05) is 30.3 Å². The molecule has 1 atom stereocenters. The standard InChI is InChI=1S/C11H9F2N3O.C6H5Cl/c12-4-6-3-9-10-7(11(17)16-15-9)1-5(13)2-8(10)14-6;7-6-4-2-1-3-5-6/h1-2,6,14H,3-4H2,(H,16,17);1-5H. The summed E-state index contributed by atoms with van der Waals surface area (Å²) in [6.45, 7) is -0.571. The van der Waals surface area contributed by atoms with Crippen molar-refractivity contribution in [3.63, 3.8) is 0 Å². The maximum Gasteiger partial charge on any atom is 0.272 e. The molecule has 2 N–H and O–H groups in total. The minimum Gasteiger partial charge on any atom is -0.379 e. The molecule has 1 aliphatic rings. The first-order valence-electron chi connectivity index (χ1n) is 7.32. The molecule has 0 fully saturated rings. The second-order valence-corrected chi connectivity index (χ2v) is 5.81. The fraction of sp³-hybridized carbons (Fsp3) is 0.176. The number of hydrogen-bond donors (Lipinski definition) is 2. The van der Waals surface area contributed by atoms with Crippen LogP contribution in [0.25, 0.3) is 10.8 Å². The highest BCUT2D eigenvalue weighted by atomic mass is 35.5. The summed E-state index contributed by atoms with van der Waals surface area (Å²) >= 11 is 5.54. The lowest BCUT2D eigenvalue weighted by molar-refractivity contribution is 0.439. The molecule has 4 nitrogen and oxygen atoms in total. The number of benzene rings is 2. The van der Waals surface area contributed by atoms with Gasteiger partial charge in [-0.05, 0) is 24.3 Å². The lowest BCUT2D eigenvalue weighted by Crippen LogP contribution is -2.30. The molecule has 124 valence electrons. The molecule has 0 radical (unpaired) electrons. The van der Waals surface area contributed by atoms with E-state index in [1.54, 1.807) is 0 Å². The van der Waals surface area contributed by atoms with Crippen LogP contribution in [0.2, 0.25) is 5.02 Å². The highest BCUT2D eigenvalue weighted by molar-refractivity contribution is 6.30. The average molecular weight is 350 g/mol. The molecule has 7 heteroatoms. The zero-order valence-corrected chi connectivity index (χ0v) is 13.3. The zero-order chi connectivity index (χ0) is 17.1. The van der Waals surface area contributed by atoms with E-state index < -0.39 is 24.1 Å². The van der Waals surface area contributed by atoms with E-state index in [0.717, 1.165) is 5.02 Å². The van der Waals surface area contributed by atoms with Crippen LogP contribution >= 0.6 is 11.6 Å². The van der Waals surface area contributed by atoms with E-state index in [0.29, 0.717) is 23.2 Å². The monoisotopic (exact) mass is 349 g/mol. The van der Waals surface area contributed by atoms with E-state index in [2.05, 4.69) is 15.5 Å². The summed E-state index contributed by atoms with van der Waals surface area (Å²) in [6.07, 6.45) is 0.377. The lowest BCUT2D eigenvalue weighted by atomic mass is 9.99. The van der Waals surface area contributed by atoms with Crippen molar-refractivity contribution in [1.29, 1.82) is 0 Å². The predicted octanol–water partition coefficient (Wildman–Crippen LogP) is 3.71. The van der Waals surface area contributed by atoms with Crippen molar-refractivity contribution in [1.82, 2.24) is 10.2 Å². The number of halogens is 3. The second-order valence-electron chi connectivity index (χ2n) is 5.37. The summed E-state index contributed by atoms with van der Waals surface area (Å²) in [6, 6.07) is 11.4. The van der Waals surface area contributed by atoms with Gasteiger partial charge in [-0.3, -0.25) is 4.79 Å². The fourth-order valence-corrected chi connectivity index (χ4v) is 2.75. The SMILES string of the molecule is Clc1ccccc1.O=c1[nH]nc2c3c(cc(F)cc13)NC(CF)C2. The predicted molar refractivity (Wildman–Crippen MR) is 90.9 cm³/mol. The Bertz CT molecular complexity index is 915. The largest absolute Gasteiger partial charge is 0.379 e. The molecule has 1 aliphatic heterocycles. The van der Waals surface area contributed by atoms with Crippen LogP contribution in [-0.4, -0.2) is 22.9 Å². The van der Waals surface area contributed by atoms with Gasteiger partial charge in [0, 0.05) is 22.5 Å². The van der Waals surface area contributed by atoms with Crippen LogP contribution in [0.5, 0.6) is 0 Å². The number of aromatic nitrogens is 2. The van der Waals surface area contributed by atoms with Crippen molar-refractivity contribution in [2.45, 2.75) is 12.5 Å². The molecule has 1 unspecified atom stereocenters. The van der Waals surface area contributed by atoms with Crippen molar-refractivity contribution in [3.8, 4) is 0 Å². The smallest absolute Gasteiger partial charge is 0.272 e. The lowest BCUT2D eigenvalue weighted by Gasteiger charge is -2.24. The summed E-state index contributed by atoms with van der Waals surface area (Å²) in [7, 11) is 0. The van der Waals surface area contributed by atoms with Crippen molar-refractivity contribution < 1.29 is 8.78 Å². The third kappa shape index (κ3) is 3.38. The number of nitrogens with one attached hydrogen (secondary N) is 2. The van der Waals surface area contributed by atoms with Crippen LogP contribution < -0.4 is 10.9 Å². The van der Waals surface area contributed by atoms with Gasteiger partial charge in [-0.25, -0.2) is 13.9 Å². The molecule has 0 saturated carbocycles. The maximum atomic E-state index is 13.3. The van der Waals surface area contributed by atoms with E-state index in [1.165, 1.54) is 12.1 Å². The second kappa shape index (κ2) is 6.97. The first-order valence-corrected chi connectivity index (χ1v) is 7.70. The Balaban J connectivity index is 0.000000203. The number of alkyl halides is 1. The highest BCUT2D eigenvalue weighted by Crippen LogP contribution is 2.30. The van der Waals surface area contributed by atoms with Crippen LogP contribution in [0.4, 0.5) is 14.5 Å². The molecule has 0 aliphatic carbocycles. The van der Waals surface area contributed by atoms with Gasteiger partial charge in [-0.15, -0.1) is 0 Å². The fourth-order valence-electron chi connectivity index (χ4n) is 2.60. The van der Waals surface area contributed by atoms with E-state index >= 15 is 0 Å². The third-order valence-corrected chi connectivity index (χ3v) is 3.90. The minimum atomic E-state index is -0.571. The first-order chi connectivity index (χ1) is 11.6. The van der Waals surface area contributed by atoms with Crippen LogP contribution in [0.1, 0.15) is 5.69 Å². The average Bonchev–Trinajstić information content (AvgIpc) is 2.58. The maximum absolute atomic E-state index is 13.3. The number of H-pyrrole nitrogens is 1. The molecule has 2 heterocycles. The molecular weight excluding hydrogens is 336 g/mol. The van der Waals surface area contributed by atoms with Gasteiger partial charge in [0.1, 0.15) is 12.5 Å². The Labute approximate surface area is 141 Å². The van der Waals surface area contributed by atoms with Gasteiger partial charge in [0.2, 0.25) is 0 Å². The topological polar surface area (TPSA) is 57.8 Å². The first kappa shape index (κ1) is 16.4. The Morgan fingerprint density at radius 1 is 1.25 bits per heavy atom. The van der Waals surface area contributed by atoms with Gasteiger partial charge < -0.3 is 5.32 Å². The summed E-state index contributed by atoms with van der Waals surface area (Å²) in [4.78, 5) is 11.5. The molecule has 0 saturated heterocycles. The van der Waals surface area contributed by atoms with E-state index in [-0.39, 0.29) is 5.39 Å². The van der Waals surface area contributed by atoms with Crippen LogP contribution in [0.15, 0.2) is 47.3 Å². The quantitative estimate of drug-likeness (QED) is 0.704. The van der Waals surface area contributed by atoms with Crippen molar-refractivity contribution in [2.24, 2.45) is 0 Å². The Kier molecular flexibility index (Phi) is 4.76. The number of aromatic amines is 1. The molecule has 1 aromatic heterocycles. The summed E-state index contributed by atoms with van der Waals surface area (Å²) in [5, 5.41) is 10.7. The molecule has 4 rings (SSSR count). The summed E-state index contributed by atoms with van der Waals surface area (Å²) in [5.74, 6) is -0.526. The Hall–Kier alpha value is -2.47. The molecule has 0 spiro atoms. The third-order valence-electron chi connectivity index (χ3n) is 3.65. The minimum absolute atomic E-state index is 0.245. The molecule has 3 aromatic rings. The summed E-state index contributed by atoms with van der Waals surface area (Å²) in [5.41, 5.74) is 0.587. The van der Waals surface area contributed by atoms with Crippen molar-refractivity contribution >= 4 is 28.1 Å². The summed E-state index contributed by atoms with van der Waals surface area (Å²) < 4.78 is 26.0. The van der Waals surface area contributed by atoms with E-state index in [4.69, 9.17) is 11.6 Å². The number of anilines is 1. The van der Waals surface area contributed by atoms with Crippen LogP contribution in [-0.2, 0) is 6.42 Å². The highest BCUT2D eigenvalue weighted by Gasteiger charge is 2.23. The van der Waals surface area contributed by atoms with Gasteiger partial charge in [0.15, 0.2) is 0 Å². The molecule has 0 bridgehead atoms. The van der Waals surface area contributed by atoms with Crippen molar-refractivity contribution in [3.05, 3.63) is 69.4 Å². The molecule has 24 heavy (non-hydrogen) atoms. The van der Waals surface area contributed by atoms with Gasteiger partial charge in [-0.2, -0.15) is 5.10 Å². The number of hydrogen-bond acceptors (Lipinski definition) is 3. The van der Waals surface area contributed by atoms with Crippen LogP contribution in [0.3, 0.4) is 0 Å². The normalized spacial score (nSPS) is 15.4. The Morgan fingerprint density at radius 3 is 2.62 bits per heavy atom. The number of rotatable bonds is 1. The Morgan fingerprint density at radius 2 is 2.00 bits per heavy atom. The van der Waals surface area contributed by atoms with E-state index in [9.17, 15) is 13.6 Å². The van der Waals surface area contributed by atoms with Gasteiger partial charge in [0.05, 0.1) is 17.1 Å². The van der Waals surface area contributed by atoms with Gasteiger partial charge in [0.25, 0.3) is 5.56 Å². The van der Waals surface area contributed by atoms with Crippen molar-refractivity contribution in [2.75, 3.05) is 12.0 Å². The van der Waals surface area contributed by atoms with Crippen LogP contribution in [0, 0.1) is 5.82 Å². The molecule has 0 amide bonds. The molecular formula is C17H14ClF2N3O. The van der Waals surface area contributed by atoms with Gasteiger partial charge in [-0.1, -0.05) is 29.8 Å². The van der Waals surface area contributed by atoms with Gasteiger partial charge >= 0.3 is 0 Å². The number of nitrogens with zero attached hydrogens (tertiary/aromatic N) is 1.